The van der Waals surface area contributed by atoms with Crippen LogP contribution in [0.2, 0.25) is 5.02 Å². The standard InChI is InChI=1S/C24H25ClN2O6S/c1-4-31-24(28)23-15(2)20(16(3)26-23)13-27(34(29,30)19-8-6-18(25)7-9-19)12-17-5-10-21-22(11-17)33-14-32-21/h5-11,26H,4,12-14H2,1-3H3. The molecule has 4 rings (SSSR count). The topological polar surface area (TPSA) is 97.9 Å². The summed E-state index contributed by atoms with van der Waals surface area (Å²) in [4.78, 5) is 15.5. The van der Waals surface area contributed by atoms with E-state index in [1.165, 1.54) is 16.4 Å². The summed E-state index contributed by atoms with van der Waals surface area (Å²) in [7, 11) is -3.91. The molecule has 1 N–H and O–H groups in total. The maximum absolute atomic E-state index is 13.7. The number of fused-ring (bicyclic) bond motifs is 1. The number of carbonyl (C=O) groups is 1. The zero-order valence-electron chi connectivity index (χ0n) is 19.1. The van der Waals surface area contributed by atoms with Gasteiger partial charge in [0.15, 0.2) is 11.5 Å². The van der Waals surface area contributed by atoms with E-state index in [4.69, 9.17) is 25.8 Å². The number of nitrogens with zero attached hydrogens (tertiary/aromatic N) is 1. The van der Waals surface area contributed by atoms with Gasteiger partial charge < -0.3 is 19.2 Å². The third kappa shape index (κ3) is 4.77. The summed E-state index contributed by atoms with van der Waals surface area (Å²) in [5, 5.41) is 0.442. The van der Waals surface area contributed by atoms with Crippen molar-refractivity contribution in [3.8, 4) is 11.5 Å². The molecule has 34 heavy (non-hydrogen) atoms. The molecular weight excluding hydrogens is 480 g/mol. The van der Waals surface area contributed by atoms with Crippen LogP contribution in [0.25, 0.3) is 0 Å². The summed E-state index contributed by atoms with van der Waals surface area (Å²) >= 11 is 5.97. The first-order valence-corrected chi connectivity index (χ1v) is 12.5. The first kappa shape index (κ1) is 24.1. The van der Waals surface area contributed by atoms with E-state index in [1.807, 2.05) is 0 Å². The maximum atomic E-state index is 13.7. The molecule has 0 spiro atoms. The summed E-state index contributed by atoms with van der Waals surface area (Å²) in [6.07, 6.45) is 0. The van der Waals surface area contributed by atoms with Crippen LogP contribution < -0.4 is 9.47 Å². The number of ether oxygens (including phenoxy) is 3. The highest BCUT2D eigenvalue weighted by atomic mass is 35.5. The molecule has 3 aromatic rings. The monoisotopic (exact) mass is 504 g/mol. The second kappa shape index (κ2) is 9.69. The summed E-state index contributed by atoms with van der Waals surface area (Å²) in [5.74, 6) is 0.712. The van der Waals surface area contributed by atoms with Crippen LogP contribution in [0.15, 0.2) is 47.4 Å². The molecule has 0 fully saturated rings. The van der Waals surface area contributed by atoms with Crippen molar-refractivity contribution in [1.82, 2.24) is 9.29 Å². The maximum Gasteiger partial charge on any atom is 0.355 e. The lowest BCUT2D eigenvalue weighted by Gasteiger charge is -2.23. The smallest absolute Gasteiger partial charge is 0.355 e. The van der Waals surface area contributed by atoms with E-state index < -0.39 is 16.0 Å². The molecule has 10 heteroatoms. The Hall–Kier alpha value is -3.01. The third-order valence-electron chi connectivity index (χ3n) is 5.65. The zero-order valence-corrected chi connectivity index (χ0v) is 20.6. The lowest BCUT2D eigenvalue weighted by Crippen LogP contribution is -2.30. The molecule has 0 saturated carbocycles. The average molecular weight is 505 g/mol. The first-order chi connectivity index (χ1) is 16.2. The molecule has 1 aliphatic heterocycles. The van der Waals surface area contributed by atoms with Crippen LogP contribution in [0.1, 0.15) is 39.8 Å². The molecule has 1 aliphatic rings. The lowest BCUT2D eigenvalue weighted by molar-refractivity contribution is 0.0519. The Kier molecular flexibility index (Phi) is 6.88. The van der Waals surface area contributed by atoms with Crippen molar-refractivity contribution < 1.29 is 27.4 Å². The predicted molar refractivity (Wildman–Crippen MR) is 127 cm³/mol. The molecule has 0 amide bonds. The Bertz CT molecular complexity index is 1320. The van der Waals surface area contributed by atoms with Crippen LogP contribution in [0.4, 0.5) is 0 Å². The largest absolute Gasteiger partial charge is 0.461 e. The van der Waals surface area contributed by atoms with Gasteiger partial charge >= 0.3 is 5.97 Å². The number of hydrogen-bond acceptors (Lipinski definition) is 6. The Morgan fingerprint density at radius 3 is 2.50 bits per heavy atom. The van der Waals surface area contributed by atoms with Gasteiger partial charge in [0.2, 0.25) is 16.8 Å². The molecule has 0 saturated heterocycles. The quantitative estimate of drug-likeness (QED) is 0.451. The SMILES string of the molecule is CCOC(=O)c1[nH]c(C)c(CN(Cc2ccc3c(c2)OCO3)S(=O)(=O)c2ccc(Cl)cc2)c1C. The normalized spacial score (nSPS) is 12.9. The van der Waals surface area contributed by atoms with E-state index >= 15 is 0 Å². The van der Waals surface area contributed by atoms with E-state index in [1.54, 1.807) is 51.1 Å². The van der Waals surface area contributed by atoms with Crippen LogP contribution in [-0.4, -0.2) is 37.1 Å². The Morgan fingerprint density at radius 2 is 1.79 bits per heavy atom. The highest BCUT2D eigenvalue weighted by Gasteiger charge is 2.29. The molecule has 180 valence electrons. The number of rotatable bonds is 8. The second-order valence-electron chi connectivity index (χ2n) is 7.86. The minimum absolute atomic E-state index is 0.0486. The van der Waals surface area contributed by atoms with Crippen molar-refractivity contribution >= 4 is 27.6 Å². The Morgan fingerprint density at radius 1 is 1.09 bits per heavy atom. The van der Waals surface area contributed by atoms with Gasteiger partial charge in [-0.25, -0.2) is 13.2 Å². The number of esters is 1. The predicted octanol–water partition coefficient (Wildman–Crippen LogP) is 4.58. The molecule has 2 heterocycles. The van der Waals surface area contributed by atoms with E-state index in [0.29, 0.717) is 39.0 Å². The number of aromatic amines is 1. The Labute approximate surface area is 203 Å². The number of H-pyrrole nitrogens is 1. The van der Waals surface area contributed by atoms with Crippen molar-refractivity contribution in [3.63, 3.8) is 0 Å². The van der Waals surface area contributed by atoms with Crippen LogP contribution in [0, 0.1) is 13.8 Å². The fourth-order valence-electron chi connectivity index (χ4n) is 3.83. The highest BCUT2D eigenvalue weighted by molar-refractivity contribution is 7.89. The number of hydrogen-bond donors (Lipinski definition) is 1. The molecule has 0 aliphatic carbocycles. The number of aryl methyl sites for hydroxylation is 1. The van der Waals surface area contributed by atoms with Gasteiger partial charge in [-0.3, -0.25) is 0 Å². The van der Waals surface area contributed by atoms with Gasteiger partial charge in [0, 0.05) is 23.8 Å². The van der Waals surface area contributed by atoms with Gasteiger partial charge in [0.05, 0.1) is 11.5 Å². The van der Waals surface area contributed by atoms with Crippen LogP contribution >= 0.6 is 11.6 Å². The van der Waals surface area contributed by atoms with Gasteiger partial charge in [-0.1, -0.05) is 17.7 Å². The number of aromatic nitrogens is 1. The summed E-state index contributed by atoms with van der Waals surface area (Å²) in [6, 6.07) is 11.4. The van der Waals surface area contributed by atoms with E-state index in [-0.39, 0.29) is 31.4 Å². The van der Waals surface area contributed by atoms with Crippen molar-refractivity contribution in [1.29, 1.82) is 0 Å². The summed E-state index contributed by atoms with van der Waals surface area (Å²) < 4.78 is 44.7. The van der Waals surface area contributed by atoms with Gasteiger partial charge in [-0.15, -0.1) is 0 Å². The molecule has 8 nitrogen and oxygen atoms in total. The molecule has 0 bridgehead atoms. The van der Waals surface area contributed by atoms with Gasteiger partial charge in [0.1, 0.15) is 5.69 Å². The van der Waals surface area contributed by atoms with E-state index in [2.05, 4.69) is 4.98 Å². The van der Waals surface area contributed by atoms with E-state index in [9.17, 15) is 13.2 Å². The Balaban J connectivity index is 1.72. The van der Waals surface area contributed by atoms with Crippen molar-refractivity contribution in [2.24, 2.45) is 0 Å². The molecule has 2 aromatic carbocycles. The highest BCUT2D eigenvalue weighted by Crippen LogP contribution is 2.34. The van der Waals surface area contributed by atoms with Crippen LogP contribution in [0.5, 0.6) is 11.5 Å². The van der Waals surface area contributed by atoms with E-state index in [0.717, 1.165) is 5.56 Å². The van der Waals surface area contributed by atoms with Crippen molar-refractivity contribution in [2.45, 2.75) is 38.8 Å². The van der Waals surface area contributed by atoms with Gasteiger partial charge in [-0.05, 0) is 73.9 Å². The number of halogens is 1. The molecule has 1 aromatic heterocycles. The first-order valence-electron chi connectivity index (χ1n) is 10.7. The van der Waals surface area contributed by atoms with Crippen molar-refractivity contribution in [3.05, 3.63) is 75.6 Å². The minimum atomic E-state index is -3.91. The molecule has 0 unspecified atom stereocenters. The minimum Gasteiger partial charge on any atom is -0.461 e. The number of benzene rings is 2. The van der Waals surface area contributed by atoms with Gasteiger partial charge in [-0.2, -0.15) is 4.31 Å². The summed E-state index contributed by atoms with van der Waals surface area (Å²) in [6.45, 7) is 5.82. The average Bonchev–Trinajstić information content (AvgIpc) is 3.38. The number of nitrogens with one attached hydrogen (secondary N) is 1. The molecule has 0 atom stereocenters. The second-order valence-corrected chi connectivity index (χ2v) is 10.2. The fourth-order valence-corrected chi connectivity index (χ4v) is 5.36. The third-order valence-corrected chi connectivity index (χ3v) is 7.71. The zero-order chi connectivity index (χ0) is 24.5. The number of sulfonamides is 1. The van der Waals surface area contributed by atoms with Gasteiger partial charge in [0.25, 0.3) is 0 Å². The lowest BCUT2D eigenvalue weighted by atomic mass is 10.1. The molecular formula is C24H25ClN2O6S. The number of carbonyl (C=O) groups excluding carboxylic acids is 1. The fraction of sp³-hybridized carbons (Fsp3) is 0.292. The molecule has 0 radical (unpaired) electrons. The summed E-state index contributed by atoms with van der Waals surface area (Å²) in [5.41, 5.74) is 3.11. The van der Waals surface area contributed by atoms with Crippen molar-refractivity contribution in [2.75, 3.05) is 13.4 Å². The van der Waals surface area contributed by atoms with Crippen LogP contribution in [0.3, 0.4) is 0 Å². The van der Waals surface area contributed by atoms with Crippen LogP contribution in [-0.2, 0) is 27.8 Å².